The van der Waals surface area contributed by atoms with Crippen molar-refractivity contribution in [1.82, 2.24) is 4.31 Å². The molecule has 0 aliphatic carbocycles. The van der Waals surface area contributed by atoms with E-state index >= 15 is 0 Å². The van der Waals surface area contributed by atoms with E-state index in [-0.39, 0.29) is 22.3 Å². The van der Waals surface area contributed by atoms with Crippen molar-refractivity contribution in [2.45, 2.75) is 30.7 Å². The average Bonchev–Trinajstić information content (AvgIpc) is 3.23. The minimum atomic E-state index is -3.72. The van der Waals surface area contributed by atoms with Gasteiger partial charge >= 0.3 is 0 Å². The first-order valence-corrected chi connectivity index (χ1v) is 10.5. The van der Waals surface area contributed by atoms with Crippen LogP contribution >= 0.6 is 0 Å². The number of nitro benzene ring substituents is 1. The normalized spacial score (nSPS) is 15.9. The molecule has 1 aliphatic heterocycles. The number of nitrogens with one attached hydrogen (secondary N) is 1. The van der Waals surface area contributed by atoms with Crippen molar-refractivity contribution in [2.75, 3.05) is 25.5 Å². The van der Waals surface area contributed by atoms with E-state index in [1.54, 1.807) is 7.11 Å². The lowest BCUT2D eigenvalue weighted by atomic mass is 10.1. The van der Waals surface area contributed by atoms with E-state index in [0.717, 1.165) is 24.5 Å². The monoisotopic (exact) mass is 405 g/mol. The lowest BCUT2D eigenvalue weighted by molar-refractivity contribution is -0.384. The van der Waals surface area contributed by atoms with Crippen LogP contribution in [0.2, 0.25) is 0 Å². The van der Waals surface area contributed by atoms with Gasteiger partial charge in [0.15, 0.2) is 0 Å². The Morgan fingerprint density at radius 1 is 1.18 bits per heavy atom. The van der Waals surface area contributed by atoms with Crippen molar-refractivity contribution >= 4 is 21.4 Å². The van der Waals surface area contributed by atoms with Gasteiger partial charge in [-0.1, -0.05) is 18.2 Å². The minimum absolute atomic E-state index is 0.0587. The third-order valence-corrected chi connectivity index (χ3v) is 6.74. The zero-order chi connectivity index (χ0) is 20.3. The maximum atomic E-state index is 12.7. The predicted molar refractivity (Wildman–Crippen MR) is 106 cm³/mol. The summed E-state index contributed by atoms with van der Waals surface area (Å²) in [6.07, 6.45) is 1.61. The topological polar surface area (TPSA) is 102 Å². The van der Waals surface area contributed by atoms with E-state index in [4.69, 9.17) is 4.74 Å². The first-order chi connectivity index (χ1) is 13.3. The van der Waals surface area contributed by atoms with Gasteiger partial charge in [0.1, 0.15) is 11.4 Å². The van der Waals surface area contributed by atoms with Crippen LogP contribution in [0.5, 0.6) is 5.75 Å². The van der Waals surface area contributed by atoms with E-state index in [9.17, 15) is 18.5 Å². The van der Waals surface area contributed by atoms with Crippen LogP contribution in [0.4, 0.5) is 11.4 Å². The smallest absolute Gasteiger partial charge is 0.293 e. The standard InChI is InChI=1S/C19H23N3O5S/c1-14(16-7-3-4-8-19(16)27-2)20-17-10-9-15(13-18(17)22(23)24)28(25,26)21-11-5-6-12-21/h3-4,7-10,13-14,20H,5-6,11-12H2,1-2H3/t14-/m1/s1. The molecule has 0 aromatic heterocycles. The molecule has 0 amide bonds. The molecule has 0 saturated carbocycles. The summed E-state index contributed by atoms with van der Waals surface area (Å²) < 4.78 is 32.1. The fraction of sp³-hybridized carbons (Fsp3) is 0.368. The maximum Gasteiger partial charge on any atom is 0.293 e. The van der Waals surface area contributed by atoms with Gasteiger partial charge in [0.05, 0.1) is 23.0 Å². The Labute approximate surface area is 164 Å². The molecule has 1 heterocycles. The molecule has 9 heteroatoms. The molecule has 0 spiro atoms. The molecule has 0 radical (unpaired) electrons. The van der Waals surface area contributed by atoms with Crippen LogP contribution in [0.1, 0.15) is 31.4 Å². The Morgan fingerprint density at radius 3 is 2.50 bits per heavy atom. The second kappa shape index (κ2) is 8.15. The van der Waals surface area contributed by atoms with Crippen LogP contribution in [0.25, 0.3) is 0 Å². The van der Waals surface area contributed by atoms with Gasteiger partial charge in [-0.2, -0.15) is 4.31 Å². The molecule has 3 rings (SSSR count). The fourth-order valence-electron chi connectivity index (χ4n) is 3.36. The van der Waals surface area contributed by atoms with Crippen molar-refractivity contribution in [2.24, 2.45) is 0 Å². The van der Waals surface area contributed by atoms with Gasteiger partial charge in [0.2, 0.25) is 10.0 Å². The summed E-state index contributed by atoms with van der Waals surface area (Å²) in [6, 6.07) is 11.1. The Balaban J connectivity index is 1.93. The molecule has 150 valence electrons. The minimum Gasteiger partial charge on any atom is -0.496 e. The van der Waals surface area contributed by atoms with Gasteiger partial charge in [0.25, 0.3) is 5.69 Å². The molecule has 1 fully saturated rings. The molecule has 0 bridgehead atoms. The highest BCUT2D eigenvalue weighted by Gasteiger charge is 2.29. The predicted octanol–water partition coefficient (Wildman–Crippen LogP) is 3.56. The van der Waals surface area contributed by atoms with Gasteiger partial charge in [-0.15, -0.1) is 0 Å². The Morgan fingerprint density at radius 2 is 1.86 bits per heavy atom. The van der Waals surface area contributed by atoms with Crippen LogP contribution in [0.3, 0.4) is 0 Å². The summed E-state index contributed by atoms with van der Waals surface area (Å²) in [5.41, 5.74) is 0.818. The number of benzene rings is 2. The van der Waals surface area contributed by atoms with Gasteiger partial charge in [-0.3, -0.25) is 10.1 Å². The summed E-state index contributed by atoms with van der Waals surface area (Å²) in [4.78, 5) is 11.0. The number of hydrogen-bond acceptors (Lipinski definition) is 6. The van der Waals surface area contributed by atoms with E-state index < -0.39 is 14.9 Å². The number of nitro groups is 1. The molecule has 8 nitrogen and oxygen atoms in total. The summed E-state index contributed by atoms with van der Waals surface area (Å²) in [7, 11) is -2.16. The summed E-state index contributed by atoms with van der Waals surface area (Å²) in [5, 5.41) is 14.7. The second-order valence-electron chi connectivity index (χ2n) is 6.66. The molecule has 1 atom stereocenters. The van der Waals surface area contributed by atoms with Crippen molar-refractivity contribution in [1.29, 1.82) is 0 Å². The molecule has 28 heavy (non-hydrogen) atoms. The van der Waals surface area contributed by atoms with E-state index in [1.807, 2.05) is 31.2 Å². The molecule has 2 aromatic rings. The third kappa shape index (κ3) is 3.95. The van der Waals surface area contributed by atoms with Crippen molar-refractivity contribution < 1.29 is 18.1 Å². The molecular weight excluding hydrogens is 382 g/mol. The molecule has 1 aliphatic rings. The number of sulfonamides is 1. The number of ether oxygens (including phenoxy) is 1. The number of hydrogen-bond donors (Lipinski definition) is 1. The highest BCUT2D eigenvalue weighted by molar-refractivity contribution is 7.89. The van der Waals surface area contributed by atoms with Crippen molar-refractivity contribution in [3.8, 4) is 5.75 Å². The zero-order valence-corrected chi connectivity index (χ0v) is 16.6. The fourth-order valence-corrected chi connectivity index (χ4v) is 4.90. The van der Waals surface area contributed by atoms with Crippen LogP contribution in [0.15, 0.2) is 47.4 Å². The average molecular weight is 405 g/mol. The highest BCUT2D eigenvalue weighted by atomic mass is 32.2. The molecule has 1 N–H and O–H groups in total. The van der Waals surface area contributed by atoms with Crippen LogP contribution < -0.4 is 10.1 Å². The molecule has 0 unspecified atom stereocenters. The quantitative estimate of drug-likeness (QED) is 0.558. The lowest BCUT2D eigenvalue weighted by Gasteiger charge is -2.19. The molecular formula is C19H23N3O5S. The number of para-hydroxylation sites is 1. The van der Waals surface area contributed by atoms with Crippen LogP contribution in [-0.4, -0.2) is 37.8 Å². The third-order valence-electron chi connectivity index (χ3n) is 4.85. The largest absolute Gasteiger partial charge is 0.496 e. The van der Waals surface area contributed by atoms with Crippen molar-refractivity contribution in [3.63, 3.8) is 0 Å². The SMILES string of the molecule is COc1ccccc1[C@@H](C)Nc1ccc(S(=O)(=O)N2CCCC2)cc1[N+](=O)[O-]. The first kappa shape index (κ1) is 20.1. The number of anilines is 1. The summed E-state index contributed by atoms with van der Waals surface area (Å²) in [5.74, 6) is 0.665. The van der Waals surface area contributed by atoms with E-state index in [0.29, 0.717) is 18.8 Å². The van der Waals surface area contributed by atoms with Gasteiger partial charge in [-0.25, -0.2) is 8.42 Å². The van der Waals surface area contributed by atoms with Crippen LogP contribution in [-0.2, 0) is 10.0 Å². The molecule has 2 aromatic carbocycles. The molecule has 1 saturated heterocycles. The Kier molecular flexibility index (Phi) is 5.85. The number of nitrogens with zero attached hydrogens (tertiary/aromatic N) is 2. The maximum absolute atomic E-state index is 12.7. The Hall–Kier alpha value is -2.65. The van der Waals surface area contributed by atoms with Gasteiger partial charge in [-0.05, 0) is 38.0 Å². The summed E-state index contributed by atoms with van der Waals surface area (Å²) in [6.45, 7) is 2.75. The van der Waals surface area contributed by atoms with Gasteiger partial charge in [0, 0.05) is 24.7 Å². The lowest BCUT2D eigenvalue weighted by Crippen LogP contribution is -2.27. The number of rotatable bonds is 7. The van der Waals surface area contributed by atoms with E-state index in [1.165, 1.54) is 16.4 Å². The van der Waals surface area contributed by atoms with E-state index in [2.05, 4.69) is 5.32 Å². The number of methoxy groups -OCH3 is 1. The van der Waals surface area contributed by atoms with Crippen LogP contribution in [0, 0.1) is 10.1 Å². The second-order valence-corrected chi connectivity index (χ2v) is 8.59. The van der Waals surface area contributed by atoms with Gasteiger partial charge < -0.3 is 10.1 Å². The van der Waals surface area contributed by atoms with Crippen molar-refractivity contribution in [3.05, 3.63) is 58.1 Å². The summed E-state index contributed by atoms with van der Waals surface area (Å²) >= 11 is 0. The zero-order valence-electron chi connectivity index (χ0n) is 15.8. The highest BCUT2D eigenvalue weighted by Crippen LogP contribution is 2.34. The first-order valence-electron chi connectivity index (χ1n) is 9.02. The Bertz CT molecular complexity index is 971.